The number of ether oxygens (including phenoxy) is 3. The number of hydroxylamine groups is 1. The fourth-order valence-corrected chi connectivity index (χ4v) is 4.46. The summed E-state index contributed by atoms with van der Waals surface area (Å²) in [5, 5.41) is 20.5. The van der Waals surface area contributed by atoms with Crippen molar-refractivity contribution in [3.63, 3.8) is 0 Å². The Labute approximate surface area is 287 Å². The van der Waals surface area contributed by atoms with E-state index in [4.69, 9.17) is 30.5 Å². The number of nitrogens with zero attached hydrogens (tertiary/aromatic N) is 7. The van der Waals surface area contributed by atoms with Crippen LogP contribution in [0.25, 0.3) is 20.9 Å². The number of hydrogen-bond donors (Lipinski definition) is 4. The molecule has 0 atom stereocenters. The van der Waals surface area contributed by atoms with E-state index in [9.17, 15) is 23.6 Å². The first-order chi connectivity index (χ1) is 24.2. The summed E-state index contributed by atoms with van der Waals surface area (Å²) in [6, 6.07) is 8.43. The molecule has 0 spiro atoms. The topological polar surface area (TPSA) is 253 Å². The number of unbranched alkanes of at least 4 members (excludes halogenated alkanes) is 3. The van der Waals surface area contributed by atoms with E-state index in [1.807, 2.05) is 6.92 Å². The lowest BCUT2D eigenvalue weighted by molar-refractivity contribution is -0.129. The first kappa shape index (κ1) is 40.7. The highest BCUT2D eigenvalue weighted by atomic mass is 19.1. The lowest BCUT2D eigenvalue weighted by Gasteiger charge is -2.24. The summed E-state index contributed by atoms with van der Waals surface area (Å²) < 4.78 is 30.3. The van der Waals surface area contributed by atoms with Crippen molar-refractivity contribution < 1.29 is 43.0 Å². The molecule has 19 heteroatoms. The number of amides is 4. The van der Waals surface area contributed by atoms with Crippen LogP contribution in [-0.4, -0.2) is 80.0 Å². The Kier molecular flexibility index (Phi) is 19.4. The van der Waals surface area contributed by atoms with Crippen LogP contribution in [0.1, 0.15) is 61.4 Å². The number of rotatable bonds is 23. The van der Waals surface area contributed by atoms with Gasteiger partial charge in [-0.2, -0.15) is 0 Å². The van der Waals surface area contributed by atoms with Crippen LogP contribution in [0.15, 0.2) is 46.6 Å². The molecule has 4 amide bonds. The molecule has 0 aliphatic carbocycles. The predicted molar refractivity (Wildman–Crippen MR) is 178 cm³/mol. The third kappa shape index (κ3) is 15.6. The van der Waals surface area contributed by atoms with Crippen molar-refractivity contribution in [3.05, 3.63) is 74.2 Å². The molecule has 270 valence electrons. The van der Waals surface area contributed by atoms with E-state index >= 15 is 0 Å². The molecule has 18 nitrogen and oxygen atoms in total. The average Bonchev–Trinajstić information content (AvgIpc) is 3.10. The highest BCUT2D eigenvalue weighted by Crippen LogP contribution is 2.33. The molecule has 0 aliphatic rings. The van der Waals surface area contributed by atoms with Crippen molar-refractivity contribution in [2.45, 2.75) is 52.0 Å². The van der Waals surface area contributed by atoms with E-state index in [-0.39, 0.29) is 68.4 Å². The average molecular weight is 701 g/mol. The van der Waals surface area contributed by atoms with Crippen LogP contribution < -0.4 is 16.1 Å². The molecule has 0 bridgehead atoms. The Morgan fingerprint density at radius 1 is 0.900 bits per heavy atom. The smallest absolute Gasteiger partial charge is 0.407 e. The molecule has 0 fully saturated rings. The molecule has 0 radical (unpaired) electrons. The lowest BCUT2D eigenvalue weighted by atomic mass is 10.1. The van der Waals surface area contributed by atoms with Gasteiger partial charge in [0.25, 0.3) is 5.91 Å². The molecule has 0 aromatic heterocycles. The van der Waals surface area contributed by atoms with Crippen LogP contribution in [0.3, 0.4) is 0 Å². The molecular weight excluding hydrogens is 659 g/mol. The number of halogens is 1. The van der Waals surface area contributed by atoms with Gasteiger partial charge in [0.05, 0.1) is 31.2 Å². The van der Waals surface area contributed by atoms with E-state index < -0.39 is 29.4 Å². The highest BCUT2D eigenvalue weighted by molar-refractivity contribution is 5.96. The van der Waals surface area contributed by atoms with Gasteiger partial charge in [-0.1, -0.05) is 23.1 Å². The number of carbonyl (C=O) groups is 4. The number of alkyl carbamates (subject to hydrolysis) is 1. The molecule has 0 saturated heterocycles. The number of carbonyl (C=O) groups excluding carboxylic acids is 4. The fraction of sp³-hybridized carbons (Fsp3) is 0.484. The summed E-state index contributed by atoms with van der Waals surface area (Å²) in [5.74, 6) is -2.14. The quantitative estimate of drug-likeness (QED) is 0.0270. The molecule has 0 saturated carbocycles. The van der Waals surface area contributed by atoms with Crippen molar-refractivity contribution in [1.29, 1.82) is 0 Å². The van der Waals surface area contributed by atoms with Crippen molar-refractivity contribution in [2.75, 3.05) is 51.4 Å². The highest BCUT2D eigenvalue weighted by Gasteiger charge is 2.19. The van der Waals surface area contributed by atoms with Crippen LogP contribution >= 0.6 is 0 Å². The molecule has 0 heterocycles. The number of benzene rings is 2. The number of anilines is 1. The Balaban J connectivity index is 2.06. The fourth-order valence-electron chi connectivity index (χ4n) is 4.46. The van der Waals surface area contributed by atoms with Crippen molar-refractivity contribution in [3.8, 4) is 0 Å². The molecule has 2 aromatic rings. The molecule has 50 heavy (non-hydrogen) atoms. The van der Waals surface area contributed by atoms with Crippen LogP contribution in [-0.2, 0) is 30.3 Å². The maximum absolute atomic E-state index is 14.8. The van der Waals surface area contributed by atoms with Crippen molar-refractivity contribution >= 4 is 40.9 Å². The largest absolute Gasteiger partial charge is 0.447 e. The predicted octanol–water partition coefficient (Wildman–Crippen LogP) is 5.92. The number of hydrogen-bond acceptors (Lipinski definition) is 10. The van der Waals surface area contributed by atoms with Gasteiger partial charge in [-0.15, -0.1) is 0 Å². The molecule has 2 aromatic carbocycles. The summed E-state index contributed by atoms with van der Waals surface area (Å²) in [6.07, 6.45) is 2.38. The molecule has 2 rings (SSSR count). The summed E-state index contributed by atoms with van der Waals surface area (Å²) in [4.78, 5) is 55.7. The Morgan fingerprint density at radius 2 is 1.56 bits per heavy atom. The van der Waals surface area contributed by atoms with Crippen LogP contribution in [0.4, 0.5) is 26.2 Å². The Morgan fingerprint density at radius 3 is 2.22 bits per heavy atom. The summed E-state index contributed by atoms with van der Waals surface area (Å²) in [5.41, 5.74) is 19.4. The van der Waals surface area contributed by atoms with Gasteiger partial charge in [-0.25, -0.2) is 14.7 Å². The van der Waals surface area contributed by atoms with E-state index in [0.29, 0.717) is 38.3 Å². The first-order valence-electron chi connectivity index (χ1n) is 15.8. The number of azide groups is 2. The third-order valence-electron chi connectivity index (χ3n) is 6.85. The van der Waals surface area contributed by atoms with Crippen LogP contribution in [0.5, 0.6) is 0 Å². The second kappa shape index (κ2) is 23.8. The second-order valence-corrected chi connectivity index (χ2v) is 10.5. The molecule has 0 unspecified atom stereocenters. The second-order valence-electron chi connectivity index (χ2n) is 10.5. The van der Waals surface area contributed by atoms with Gasteiger partial charge >= 0.3 is 6.09 Å². The Hall–Kier alpha value is -5.45. The van der Waals surface area contributed by atoms with Gasteiger partial charge in [-0.05, 0) is 72.8 Å². The minimum atomic E-state index is -0.963. The van der Waals surface area contributed by atoms with Crippen LogP contribution in [0, 0.1) is 5.82 Å². The van der Waals surface area contributed by atoms with Gasteiger partial charge < -0.3 is 29.7 Å². The van der Waals surface area contributed by atoms with Gasteiger partial charge in [-0.3, -0.25) is 19.6 Å². The van der Waals surface area contributed by atoms with E-state index in [1.165, 1.54) is 23.1 Å². The SMILES string of the molecule is CCOCCOCCOC(=O)NCCN(Cc1cc(F)c(N=[N+]=[N-])c(N=[N+]=[N-])c1)C(=O)c1ccc(NC(=O)CCCCCCC(=O)NO)cc1. The van der Waals surface area contributed by atoms with Crippen molar-refractivity contribution in [2.24, 2.45) is 10.2 Å². The zero-order valence-corrected chi connectivity index (χ0v) is 27.7. The Bertz CT molecular complexity index is 1520. The molecule has 4 N–H and O–H groups in total. The zero-order valence-electron chi connectivity index (χ0n) is 27.7. The molecule has 0 aliphatic heterocycles. The van der Waals surface area contributed by atoms with Crippen LogP contribution in [0.2, 0.25) is 0 Å². The van der Waals surface area contributed by atoms with E-state index in [1.54, 1.807) is 17.6 Å². The first-order valence-corrected chi connectivity index (χ1v) is 15.8. The maximum Gasteiger partial charge on any atom is 0.407 e. The zero-order chi connectivity index (χ0) is 36.6. The number of nitrogens with one attached hydrogen (secondary N) is 3. The van der Waals surface area contributed by atoms with E-state index in [2.05, 4.69) is 30.7 Å². The standard InChI is InChI=1S/C31H41FN10O8/c1-2-48-15-16-49-17-18-50-31(46)35-13-14-42(21-22-19-25(32)29(38-41-34)26(20-22)37-40-33)30(45)23-9-11-24(12-10-23)36-27(43)7-5-3-4-6-8-28(44)39-47/h9-12,19-20,47H,2-8,13-18,21H2,1H3,(H,35,46)(H,36,43)(H,39,44). The lowest BCUT2D eigenvalue weighted by Crippen LogP contribution is -2.38. The van der Waals surface area contributed by atoms with E-state index in [0.717, 1.165) is 18.9 Å². The van der Waals surface area contributed by atoms with Gasteiger partial charge in [0, 0.05) is 60.2 Å². The normalized spacial score (nSPS) is 10.3. The van der Waals surface area contributed by atoms with Gasteiger partial charge in [0.2, 0.25) is 11.8 Å². The van der Waals surface area contributed by atoms with Crippen molar-refractivity contribution in [1.82, 2.24) is 15.7 Å². The third-order valence-corrected chi connectivity index (χ3v) is 6.85. The monoisotopic (exact) mass is 700 g/mol. The van der Waals surface area contributed by atoms with Gasteiger partial charge in [0.1, 0.15) is 12.4 Å². The molecular formula is C31H41FN10O8. The van der Waals surface area contributed by atoms with Gasteiger partial charge in [0.15, 0.2) is 0 Å². The maximum atomic E-state index is 14.8. The summed E-state index contributed by atoms with van der Waals surface area (Å²) in [6.45, 7) is 3.09. The minimum absolute atomic E-state index is 0.00596. The summed E-state index contributed by atoms with van der Waals surface area (Å²) >= 11 is 0. The minimum Gasteiger partial charge on any atom is -0.447 e. The summed E-state index contributed by atoms with van der Waals surface area (Å²) in [7, 11) is 0.